The van der Waals surface area contributed by atoms with Crippen molar-refractivity contribution in [2.24, 2.45) is 5.41 Å². The minimum absolute atomic E-state index is 0.0688. The molecule has 0 aliphatic heterocycles. The summed E-state index contributed by atoms with van der Waals surface area (Å²) in [5, 5.41) is 18.1. The number of hydrogen-bond acceptors (Lipinski definition) is 5. The SMILES string of the molecule is Cc1ccncc1-c1cc2n(CC(C)(C)C)c(=O)c(C(=O)NC3CC3)c(O)n2n1. The van der Waals surface area contributed by atoms with E-state index in [1.54, 1.807) is 18.5 Å². The second-order valence-electron chi connectivity index (χ2n) is 8.89. The van der Waals surface area contributed by atoms with Crippen molar-refractivity contribution in [3.05, 3.63) is 46.0 Å². The molecule has 0 radical (unpaired) electrons. The van der Waals surface area contributed by atoms with E-state index in [-0.39, 0.29) is 17.0 Å². The molecule has 2 N–H and O–H groups in total. The minimum atomic E-state index is -0.561. The molecule has 0 saturated heterocycles. The van der Waals surface area contributed by atoms with Gasteiger partial charge >= 0.3 is 0 Å². The van der Waals surface area contributed by atoms with Gasteiger partial charge < -0.3 is 10.4 Å². The maximum absolute atomic E-state index is 13.2. The quantitative estimate of drug-likeness (QED) is 0.707. The van der Waals surface area contributed by atoms with Gasteiger partial charge in [0, 0.05) is 36.6 Å². The van der Waals surface area contributed by atoms with Crippen LogP contribution in [0.15, 0.2) is 29.3 Å². The van der Waals surface area contributed by atoms with Gasteiger partial charge in [-0.05, 0) is 36.8 Å². The van der Waals surface area contributed by atoms with Crippen molar-refractivity contribution in [3.8, 4) is 17.1 Å². The summed E-state index contributed by atoms with van der Waals surface area (Å²) >= 11 is 0. The summed E-state index contributed by atoms with van der Waals surface area (Å²) in [6.45, 7) is 8.34. The fourth-order valence-electron chi connectivity index (χ4n) is 3.33. The van der Waals surface area contributed by atoms with Crippen LogP contribution in [-0.2, 0) is 6.54 Å². The van der Waals surface area contributed by atoms with Crippen LogP contribution >= 0.6 is 0 Å². The zero-order valence-electron chi connectivity index (χ0n) is 17.1. The number of aromatic hydroxyl groups is 1. The number of rotatable bonds is 4. The Hall–Kier alpha value is -3.16. The molecular weight excluding hydrogens is 370 g/mol. The molecule has 0 spiro atoms. The minimum Gasteiger partial charge on any atom is -0.492 e. The van der Waals surface area contributed by atoms with Crippen LogP contribution in [0.5, 0.6) is 5.88 Å². The topological polar surface area (TPSA) is 102 Å². The Bertz CT molecular complexity index is 1170. The molecule has 0 bridgehead atoms. The van der Waals surface area contributed by atoms with Crippen LogP contribution in [0.25, 0.3) is 16.9 Å². The molecule has 3 aromatic rings. The summed E-state index contributed by atoms with van der Waals surface area (Å²) in [6.07, 6.45) is 5.16. The fraction of sp³-hybridized carbons (Fsp3) is 0.429. The van der Waals surface area contributed by atoms with Crippen molar-refractivity contribution >= 4 is 11.6 Å². The number of nitrogens with one attached hydrogen (secondary N) is 1. The van der Waals surface area contributed by atoms with E-state index < -0.39 is 17.3 Å². The lowest BCUT2D eigenvalue weighted by Gasteiger charge is -2.21. The van der Waals surface area contributed by atoms with Crippen LogP contribution in [0.3, 0.4) is 0 Å². The first kappa shape index (κ1) is 19.2. The van der Waals surface area contributed by atoms with Gasteiger partial charge in [-0.25, -0.2) is 0 Å². The molecule has 3 heterocycles. The summed E-state index contributed by atoms with van der Waals surface area (Å²) in [7, 11) is 0. The highest BCUT2D eigenvalue weighted by molar-refractivity contribution is 5.96. The van der Waals surface area contributed by atoms with E-state index >= 15 is 0 Å². The normalized spacial score (nSPS) is 14.3. The van der Waals surface area contributed by atoms with Crippen LogP contribution < -0.4 is 10.9 Å². The first-order chi connectivity index (χ1) is 13.7. The Balaban J connectivity index is 1.96. The monoisotopic (exact) mass is 395 g/mol. The lowest BCUT2D eigenvalue weighted by molar-refractivity contribution is 0.0944. The van der Waals surface area contributed by atoms with Crippen molar-refractivity contribution in [1.29, 1.82) is 0 Å². The number of aromatic nitrogens is 4. The molecule has 4 rings (SSSR count). The lowest BCUT2D eigenvalue weighted by atomic mass is 9.96. The molecule has 0 aromatic carbocycles. The molecule has 0 atom stereocenters. The fourth-order valence-corrected chi connectivity index (χ4v) is 3.33. The number of aryl methyl sites for hydroxylation is 1. The zero-order chi connectivity index (χ0) is 20.9. The van der Waals surface area contributed by atoms with Gasteiger partial charge in [-0.15, -0.1) is 0 Å². The highest BCUT2D eigenvalue weighted by Crippen LogP contribution is 2.27. The van der Waals surface area contributed by atoms with E-state index in [2.05, 4.69) is 15.4 Å². The molecule has 29 heavy (non-hydrogen) atoms. The number of amides is 1. The molecule has 1 fully saturated rings. The predicted octanol–water partition coefficient (Wildman–Crippen LogP) is 2.51. The van der Waals surface area contributed by atoms with Gasteiger partial charge in [0.25, 0.3) is 11.5 Å². The van der Waals surface area contributed by atoms with Crippen LogP contribution in [0.1, 0.15) is 49.5 Å². The Morgan fingerprint density at radius 2 is 2.07 bits per heavy atom. The van der Waals surface area contributed by atoms with Gasteiger partial charge in [-0.1, -0.05) is 20.8 Å². The average Bonchev–Trinajstić information content (AvgIpc) is 3.33. The van der Waals surface area contributed by atoms with Crippen molar-refractivity contribution < 1.29 is 9.90 Å². The first-order valence-electron chi connectivity index (χ1n) is 9.73. The standard InChI is InChI=1S/C21H25N5O3/c1-12-7-8-22-10-14(12)15-9-16-25(11-21(2,3)4)19(28)17(20(29)26(16)24-15)18(27)23-13-5-6-13/h7-10,13,29H,5-6,11H2,1-4H3,(H,23,27). The highest BCUT2D eigenvalue weighted by atomic mass is 16.3. The van der Waals surface area contributed by atoms with Gasteiger partial charge in [0.15, 0.2) is 5.56 Å². The van der Waals surface area contributed by atoms with Crippen LogP contribution in [0.2, 0.25) is 0 Å². The lowest BCUT2D eigenvalue weighted by Crippen LogP contribution is -2.37. The predicted molar refractivity (Wildman–Crippen MR) is 109 cm³/mol. The summed E-state index contributed by atoms with van der Waals surface area (Å²) in [5.74, 6) is -1.00. The van der Waals surface area contributed by atoms with Crippen LogP contribution in [0.4, 0.5) is 0 Å². The number of carbonyl (C=O) groups excluding carboxylic acids is 1. The van der Waals surface area contributed by atoms with Gasteiger partial charge in [-0.3, -0.25) is 19.1 Å². The van der Waals surface area contributed by atoms with E-state index in [0.29, 0.717) is 17.9 Å². The Labute approximate surface area is 168 Å². The first-order valence-corrected chi connectivity index (χ1v) is 9.73. The largest absolute Gasteiger partial charge is 0.492 e. The number of carbonyl (C=O) groups is 1. The second kappa shape index (κ2) is 6.72. The number of fused-ring (bicyclic) bond motifs is 1. The van der Waals surface area contributed by atoms with E-state index in [9.17, 15) is 14.7 Å². The van der Waals surface area contributed by atoms with E-state index in [4.69, 9.17) is 0 Å². The third-order valence-corrected chi connectivity index (χ3v) is 4.94. The summed E-state index contributed by atoms with van der Waals surface area (Å²) in [4.78, 5) is 30.1. The van der Waals surface area contributed by atoms with Crippen molar-refractivity contribution in [2.45, 2.75) is 53.1 Å². The maximum atomic E-state index is 13.2. The van der Waals surface area contributed by atoms with Gasteiger partial charge in [0.05, 0.1) is 5.69 Å². The Kier molecular flexibility index (Phi) is 4.44. The van der Waals surface area contributed by atoms with Crippen molar-refractivity contribution in [1.82, 2.24) is 24.5 Å². The molecule has 8 nitrogen and oxygen atoms in total. The van der Waals surface area contributed by atoms with Crippen LogP contribution in [-0.4, -0.2) is 36.2 Å². The molecule has 3 aromatic heterocycles. The van der Waals surface area contributed by atoms with E-state index in [1.807, 2.05) is 33.8 Å². The number of nitrogens with zero attached hydrogens (tertiary/aromatic N) is 4. The van der Waals surface area contributed by atoms with E-state index in [0.717, 1.165) is 24.0 Å². The number of hydrogen-bond donors (Lipinski definition) is 2. The van der Waals surface area contributed by atoms with Crippen molar-refractivity contribution in [3.63, 3.8) is 0 Å². The average molecular weight is 395 g/mol. The second-order valence-corrected chi connectivity index (χ2v) is 8.89. The van der Waals surface area contributed by atoms with Crippen LogP contribution in [0, 0.1) is 12.3 Å². The zero-order valence-corrected chi connectivity index (χ0v) is 17.1. The maximum Gasteiger partial charge on any atom is 0.270 e. The number of pyridine rings is 1. The Morgan fingerprint density at radius 3 is 2.69 bits per heavy atom. The summed E-state index contributed by atoms with van der Waals surface area (Å²) in [5.41, 5.74) is 1.77. The molecule has 152 valence electrons. The molecule has 1 saturated carbocycles. The molecule has 1 aliphatic rings. The summed E-state index contributed by atoms with van der Waals surface area (Å²) < 4.78 is 2.79. The molecule has 1 amide bonds. The third-order valence-electron chi connectivity index (χ3n) is 4.94. The van der Waals surface area contributed by atoms with Crippen molar-refractivity contribution in [2.75, 3.05) is 0 Å². The Morgan fingerprint density at radius 1 is 1.34 bits per heavy atom. The van der Waals surface area contributed by atoms with Gasteiger partial charge in [-0.2, -0.15) is 9.61 Å². The third kappa shape index (κ3) is 3.62. The molecule has 1 aliphatic carbocycles. The van der Waals surface area contributed by atoms with Gasteiger partial charge in [0.1, 0.15) is 5.65 Å². The molecule has 0 unspecified atom stereocenters. The van der Waals surface area contributed by atoms with Gasteiger partial charge in [0.2, 0.25) is 5.88 Å². The smallest absolute Gasteiger partial charge is 0.270 e. The highest BCUT2D eigenvalue weighted by Gasteiger charge is 2.30. The van der Waals surface area contributed by atoms with E-state index in [1.165, 1.54) is 9.08 Å². The molecule has 8 heteroatoms. The molecular formula is C21H25N5O3. The summed E-state index contributed by atoms with van der Waals surface area (Å²) in [6, 6.07) is 3.69.